The Hall–Kier alpha value is -6.02. The lowest BCUT2D eigenvalue weighted by molar-refractivity contribution is 0.176. The molecule has 3 atom stereocenters. The van der Waals surface area contributed by atoms with Crippen LogP contribution in [0.1, 0.15) is 101 Å². The van der Waals surface area contributed by atoms with Gasteiger partial charge >= 0.3 is 0 Å². The Kier molecular flexibility index (Phi) is 8.43. The number of allylic oxidation sites excluding steroid dienone is 1. The minimum Gasteiger partial charge on any atom is -0.302 e. The molecule has 6 heterocycles. The van der Waals surface area contributed by atoms with Gasteiger partial charge in [0.25, 0.3) is 0 Å². The second kappa shape index (κ2) is 13.6. The molecule has 4 aromatic carbocycles. The molecule has 286 valence electrons. The minimum atomic E-state index is -0.250. The van der Waals surface area contributed by atoms with E-state index in [1.807, 2.05) is 12.4 Å². The quantitative estimate of drug-likeness (QED) is 0.160. The first-order valence-corrected chi connectivity index (χ1v) is 20.8. The van der Waals surface area contributed by atoms with Gasteiger partial charge in [-0.05, 0) is 72.2 Å². The summed E-state index contributed by atoms with van der Waals surface area (Å²) in [6.45, 7) is 13.6. The number of anilines is 8. The molecule has 3 unspecified atom stereocenters. The summed E-state index contributed by atoms with van der Waals surface area (Å²) in [6, 6.07) is 39.7. The van der Waals surface area contributed by atoms with Gasteiger partial charge in [-0.15, -0.1) is 0 Å². The van der Waals surface area contributed by atoms with Crippen LogP contribution >= 0.6 is 0 Å². The summed E-state index contributed by atoms with van der Waals surface area (Å²) in [5.41, 5.74) is 10.3. The van der Waals surface area contributed by atoms with Crippen molar-refractivity contribution in [2.75, 3.05) is 19.6 Å². The van der Waals surface area contributed by atoms with E-state index in [2.05, 4.69) is 176 Å². The average molecular weight is 751 g/mol. The molecule has 6 aromatic rings. The summed E-state index contributed by atoms with van der Waals surface area (Å²) in [4.78, 5) is 31.1. The fraction of sp³-hybridized carbons (Fsp3) is 0.306. The first-order valence-electron chi connectivity index (χ1n) is 20.8. The van der Waals surface area contributed by atoms with Crippen LogP contribution in [-0.2, 0) is 0 Å². The number of hydrogen-bond donors (Lipinski definition) is 0. The Morgan fingerprint density at radius 1 is 0.579 bits per heavy atom. The molecular formula is C49H50N8. The minimum absolute atomic E-state index is 0.0455. The van der Waals surface area contributed by atoms with Crippen molar-refractivity contribution in [3.8, 4) is 0 Å². The first kappa shape index (κ1) is 35.4. The lowest BCUT2D eigenvalue weighted by Gasteiger charge is -2.55. The number of fused-ring (bicyclic) bond motifs is 10. The van der Waals surface area contributed by atoms with Crippen molar-refractivity contribution in [3.05, 3.63) is 150 Å². The monoisotopic (exact) mass is 750 g/mol. The molecule has 8 heteroatoms. The predicted molar refractivity (Wildman–Crippen MR) is 232 cm³/mol. The predicted octanol–water partition coefficient (Wildman–Crippen LogP) is 12.1. The zero-order chi connectivity index (χ0) is 39.0. The Bertz CT molecular complexity index is 2490. The molecule has 4 aliphatic rings. The van der Waals surface area contributed by atoms with E-state index in [0.29, 0.717) is 0 Å². The Balaban J connectivity index is 1.22. The first-order chi connectivity index (χ1) is 27.9. The fourth-order valence-electron chi connectivity index (χ4n) is 10.2. The molecule has 0 radical (unpaired) electrons. The van der Waals surface area contributed by atoms with Gasteiger partial charge in [0, 0.05) is 40.4 Å². The molecule has 0 amide bonds. The summed E-state index contributed by atoms with van der Waals surface area (Å²) in [5, 5.41) is 0. The van der Waals surface area contributed by atoms with Crippen molar-refractivity contribution in [2.45, 2.75) is 90.9 Å². The van der Waals surface area contributed by atoms with Crippen molar-refractivity contribution in [3.63, 3.8) is 0 Å². The van der Waals surface area contributed by atoms with E-state index in [1.54, 1.807) is 0 Å². The van der Waals surface area contributed by atoms with Crippen LogP contribution in [0.2, 0.25) is 0 Å². The summed E-state index contributed by atoms with van der Waals surface area (Å²) in [6.07, 6.45) is 9.10. The molecule has 0 saturated heterocycles. The van der Waals surface area contributed by atoms with E-state index in [-0.39, 0.29) is 35.5 Å². The van der Waals surface area contributed by atoms with E-state index in [4.69, 9.17) is 19.9 Å². The highest BCUT2D eigenvalue weighted by atomic mass is 15.5. The molecule has 0 saturated carbocycles. The zero-order valence-corrected chi connectivity index (χ0v) is 33.7. The molecule has 2 aromatic heterocycles. The highest BCUT2D eigenvalue weighted by Crippen LogP contribution is 2.66. The largest absolute Gasteiger partial charge is 0.302 e. The summed E-state index contributed by atoms with van der Waals surface area (Å²) >= 11 is 0. The van der Waals surface area contributed by atoms with Gasteiger partial charge < -0.3 is 19.6 Å². The third kappa shape index (κ3) is 5.18. The molecule has 0 spiro atoms. The number of nitrogens with zero attached hydrogens (tertiary/aromatic N) is 8. The second-order valence-electron chi connectivity index (χ2n) is 16.5. The summed E-state index contributed by atoms with van der Waals surface area (Å²) in [5.74, 6) is 4.26. The Morgan fingerprint density at radius 3 is 1.72 bits per heavy atom. The van der Waals surface area contributed by atoms with Gasteiger partial charge in [-0.25, -0.2) is 19.9 Å². The molecule has 10 rings (SSSR count). The van der Waals surface area contributed by atoms with Crippen LogP contribution in [0.3, 0.4) is 0 Å². The lowest BCUT2D eigenvalue weighted by Crippen LogP contribution is -2.57. The van der Waals surface area contributed by atoms with Crippen molar-refractivity contribution in [2.24, 2.45) is 5.41 Å². The zero-order valence-electron chi connectivity index (χ0n) is 33.7. The number of aromatic nitrogens is 4. The number of benzene rings is 4. The molecule has 0 bridgehead atoms. The molecule has 8 nitrogen and oxygen atoms in total. The third-order valence-corrected chi connectivity index (χ3v) is 13.0. The standard InChI is InChI=1S/C49H50N8/c1-7-49(8-2)43(37-24-16-18-26-41(37)57-45-46(52-38(30-51-45)31(3)4)55(48(49)57)34-21-13-10-14-22-34)36-27-28-42-54(33-19-11-9-12-20-33)44-47(53-39(29-50-44)32(5)6)56(42)40-25-17-15-23-35(36)40/h9-27,29-32,42-43,48H,7-8,28H2,1-6H3. The van der Waals surface area contributed by atoms with Gasteiger partial charge in [-0.3, -0.25) is 0 Å². The highest BCUT2D eigenvalue weighted by Gasteiger charge is 2.59. The summed E-state index contributed by atoms with van der Waals surface area (Å²) < 4.78 is 0. The molecule has 0 aliphatic carbocycles. The van der Waals surface area contributed by atoms with Crippen LogP contribution in [0.15, 0.2) is 128 Å². The van der Waals surface area contributed by atoms with E-state index >= 15 is 0 Å². The van der Waals surface area contributed by atoms with Gasteiger partial charge in [0.2, 0.25) is 0 Å². The van der Waals surface area contributed by atoms with Gasteiger partial charge in [0.05, 0.1) is 29.5 Å². The third-order valence-electron chi connectivity index (χ3n) is 13.0. The molecule has 0 fully saturated rings. The van der Waals surface area contributed by atoms with Crippen LogP contribution in [0, 0.1) is 5.41 Å². The van der Waals surface area contributed by atoms with Crippen molar-refractivity contribution < 1.29 is 0 Å². The van der Waals surface area contributed by atoms with Crippen LogP contribution in [0.4, 0.5) is 46.0 Å². The molecule has 4 aliphatic heterocycles. The number of rotatable bonds is 7. The van der Waals surface area contributed by atoms with E-state index in [9.17, 15) is 0 Å². The van der Waals surface area contributed by atoms with E-state index in [1.165, 1.54) is 28.1 Å². The molecular weight excluding hydrogens is 701 g/mol. The highest BCUT2D eigenvalue weighted by molar-refractivity contribution is 5.94. The SMILES string of the molecule is CCC1(CC)C(C2=CCC3N(c4ccccc4)c4ncc(C(C)C)nc4N3c3ccccc32)c2ccccc2N2c3ncc(C(C)C)nc3N(c3ccccc3)C21. The normalized spacial score (nSPS) is 20.1. The maximum Gasteiger partial charge on any atom is 0.178 e. The van der Waals surface area contributed by atoms with Crippen LogP contribution in [-0.4, -0.2) is 32.3 Å². The van der Waals surface area contributed by atoms with Crippen LogP contribution in [0.25, 0.3) is 5.57 Å². The molecule has 57 heavy (non-hydrogen) atoms. The van der Waals surface area contributed by atoms with E-state index in [0.717, 1.165) is 65.3 Å². The van der Waals surface area contributed by atoms with Crippen molar-refractivity contribution in [1.82, 2.24) is 19.9 Å². The summed E-state index contributed by atoms with van der Waals surface area (Å²) in [7, 11) is 0. The second-order valence-corrected chi connectivity index (χ2v) is 16.5. The van der Waals surface area contributed by atoms with Gasteiger partial charge in [0.1, 0.15) is 12.3 Å². The maximum atomic E-state index is 5.43. The van der Waals surface area contributed by atoms with Gasteiger partial charge in [-0.2, -0.15) is 0 Å². The maximum absolute atomic E-state index is 5.43. The number of para-hydroxylation sites is 4. The molecule has 0 N–H and O–H groups in total. The van der Waals surface area contributed by atoms with Gasteiger partial charge in [-0.1, -0.05) is 120 Å². The Morgan fingerprint density at radius 2 is 1.11 bits per heavy atom. The van der Waals surface area contributed by atoms with Crippen molar-refractivity contribution in [1.29, 1.82) is 0 Å². The van der Waals surface area contributed by atoms with E-state index < -0.39 is 0 Å². The smallest absolute Gasteiger partial charge is 0.178 e. The number of hydrogen-bond acceptors (Lipinski definition) is 8. The Labute approximate surface area is 336 Å². The topological polar surface area (TPSA) is 64.5 Å². The fourth-order valence-corrected chi connectivity index (χ4v) is 10.2. The van der Waals surface area contributed by atoms with Crippen LogP contribution in [0.5, 0.6) is 0 Å². The van der Waals surface area contributed by atoms with Crippen LogP contribution < -0.4 is 19.6 Å². The van der Waals surface area contributed by atoms with Gasteiger partial charge in [0.15, 0.2) is 23.3 Å². The van der Waals surface area contributed by atoms with Crippen molar-refractivity contribution >= 4 is 51.6 Å². The lowest BCUT2D eigenvalue weighted by atomic mass is 9.59. The average Bonchev–Trinajstić information content (AvgIpc) is 3.71.